The van der Waals surface area contributed by atoms with Crippen LogP contribution in [0.5, 0.6) is 11.5 Å². The van der Waals surface area contributed by atoms with E-state index in [1.807, 2.05) is 61.5 Å². The molecule has 0 atom stereocenters. The van der Waals surface area contributed by atoms with Crippen molar-refractivity contribution in [3.63, 3.8) is 0 Å². The fourth-order valence-electron chi connectivity index (χ4n) is 2.56. The second kappa shape index (κ2) is 8.38. The zero-order valence-corrected chi connectivity index (χ0v) is 16.2. The van der Waals surface area contributed by atoms with E-state index in [-0.39, 0.29) is 5.91 Å². The van der Waals surface area contributed by atoms with Gasteiger partial charge in [0.05, 0.1) is 12.0 Å². The first-order chi connectivity index (χ1) is 12.6. The van der Waals surface area contributed by atoms with Crippen LogP contribution in [-0.2, 0) is 11.4 Å². The molecule has 0 unspecified atom stereocenters. The third-order valence-electron chi connectivity index (χ3n) is 3.91. The molecule has 3 rings (SSSR count). The van der Waals surface area contributed by atoms with Crippen molar-refractivity contribution in [2.24, 2.45) is 0 Å². The normalized spacial score (nSPS) is 15.6. The number of thioether (sulfide) groups is 1. The van der Waals surface area contributed by atoms with Crippen LogP contribution in [0.2, 0.25) is 0 Å². The maximum absolute atomic E-state index is 12.4. The summed E-state index contributed by atoms with van der Waals surface area (Å²) in [6.07, 6.45) is 1.84. The SMILES string of the molecule is CCN1C(=O)/C(=C/c2ccc(OC)c(OCc3ccccc3)c2)SC1=S. The van der Waals surface area contributed by atoms with Gasteiger partial charge in [0.15, 0.2) is 11.5 Å². The van der Waals surface area contributed by atoms with Crippen molar-refractivity contribution in [3.8, 4) is 11.5 Å². The van der Waals surface area contributed by atoms with Crippen molar-refractivity contribution >= 4 is 40.3 Å². The Kier molecular flexibility index (Phi) is 5.96. The van der Waals surface area contributed by atoms with Crippen molar-refractivity contribution in [1.29, 1.82) is 0 Å². The largest absolute Gasteiger partial charge is 0.493 e. The fourth-order valence-corrected chi connectivity index (χ4v) is 3.94. The lowest BCUT2D eigenvalue weighted by Crippen LogP contribution is -2.27. The Morgan fingerprint density at radius 2 is 1.92 bits per heavy atom. The van der Waals surface area contributed by atoms with Gasteiger partial charge >= 0.3 is 0 Å². The minimum Gasteiger partial charge on any atom is -0.493 e. The van der Waals surface area contributed by atoms with Crippen molar-refractivity contribution < 1.29 is 14.3 Å². The summed E-state index contributed by atoms with van der Waals surface area (Å²) in [5, 5.41) is 0. The number of carbonyl (C=O) groups excluding carboxylic acids is 1. The number of carbonyl (C=O) groups is 1. The number of hydrogen-bond donors (Lipinski definition) is 0. The van der Waals surface area contributed by atoms with Crippen molar-refractivity contribution in [3.05, 3.63) is 64.6 Å². The van der Waals surface area contributed by atoms with Gasteiger partial charge in [-0.2, -0.15) is 0 Å². The summed E-state index contributed by atoms with van der Waals surface area (Å²) in [6.45, 7) is 2.94. The van der Waals surface area contributed by atoms with Gasteiger partial charge in [-0.1, -0.05) is 60.4 Å². The highest BCUT2D eigenvalue weighted by atomic mass is 32.2. The number of likely N-dealkylation sites (N-methyl/N-ethyl adjacent to an activating group) is 1. The van der Waals surface area contributed by atoms with E-state index in [2.05, 4.69) is 0 Å². The van der Waals surface area contributed by atoms with Crippen LogP contribution in [0.4, 0.5) is 0 Å². The van der Waals surface area contributed by atoms with Crippen molar-refractivity contribution in [2.45, 2.75) is 13.5 Å². The van der Waals surface area contributed by atoms with Gasteiger partial charge in [-0.25, -0.2) is 0 Å². The third kappa shape index (κ3) is 4.08. The lowest BCUT2D eigenvalue weighted by Gasteiger charge is -2.12. The predicted molar refractivity (Wildman–Crippen MR) is 109 cm³/mol. The predicted octanol–water partition coefficient (Wildman–Crippen LogP) is 4.50. The first-order valence-electron chi connectivity index (χ1n) is 8.22. The minimum absolute atomic E-state index is 0.0509. The molecule has 1 aliphatic rings. The number of amides is 1. The average Bonchev–Trinajstić information content (AvgIpc) is 2.93. The fraction of sp³-hybridized carbons (Fsp3) is 0.200. The third-order valence-corrected chi connectivity index (χ3v) is 5.29. The minimum atomic E-state index is -0.0509. The first kappa shape index (κ1) is 18.5. The molecule has 2 aromatic rings. The summed E-state index contributed by atoms with van der Waals surface area (Å²) in [5.41, 5.74) is 1.94. The molecular weight excluding hydrogens is 366 g/mol. The monoisotopic (exact) mass is 385 g/mol. The molecule has 0 aliphatic carbocycles. The highest BCUT2D eigenvalue weighted by Crippen LogP contribution is 2.34. The molecule has 1 saturated heterocycles. The summed E-state index contributed by atoms with van der Waals surface area (Å²) in [7, 11) is 1.61. The molecule has 1 amide bonds. The molecule has 0 saturated carbocycles. The Labute approximate surface area is 162 Å². The van der Waals surface area contributed by atoms with Gasteiger partial charge < -0.3 is 9.47 Å². The van der Waals surface area contributed by atoms with E-state index < -0.39 is 0 Å². The topological polar surface area (TPSA) is 38.8 Å². The Bertz CT molecular complexity index is 849. The highest BCUT2D eigenvalue weighted by molar-refractivity contribution is 8.26. The summed E-state index contributed by atoms with van der Waals surface area (Å²) in [4.78, 5) is 14.6. The highest BCUT2D eigenvalue weighted by Gasteiger charge is 2.30. The van der Waals surface area contributed by atoms with Crippen LogP contribution in [0.25, 0.3) is 6.08 Å². The zero-order valence-electron chi connectivity index (χ0n) is 14.6. The number of ether oxygens (including phenoxy) is 2. The Morgan fingerprint density at radius 3 is 2.58 bits per heavy atom. The van der Waals surface area contributed by atoms with Crippen LogP contribution >= 0.6 is 24.0 Å². The first-order valence-corrected chi connectivity index (χ1v) is 9.45. The van der Waals surface area contributed by atoms with Gasteiger partial charge in [0.1, 0.15) is 10.9 Å². The molecule has 4 nitrogen and oxygen atoms in total. The molecule has 1 aliphatic heterocycles. The Balaban J connectivity index is 1.82. The lowest BCUT2D eigenvalue weighted by atomic mass is 10.1. The molecule has 1 heterocycles. The van der Waals surface area contributed by atoms with Gasteiger partial charge in [-0.3, -0.25) is 9.69 Å². The van der Waals surface area contributed by atoms with Crippen LogP contribution in [0.15, 0.2) is 53.4 Å². The van der Waals surface area contributed by atoms with Crippen LogP contribution in [0.3, 0.4) is 0 Å². The molecule has 26 heavy (non-hydrogen) atoms. The summed E-state index contributed by atoms with van der Waals surface area (Å²) in [5.74, 6) is 1.24. The van der Waals surface area contributed by atoms with E-state index >= 15 is 0 Å². The molecule has 6 heteroatoms. The Hall–Kier alpha value is -2.31. The molecule has 0 aromatic heterocycles. The number of thiocarbonyl (C=S) groups is 1. The van der Waals surface area contributed by atoms with E-state index in [0.717, 1.165) is 11.1 Å². The molecule has 1 fully saturated rings. The van der Waals surface area contributed by atoms with Crippen LogP contribution in [0.1, 0.15) is 18.1 Å². The van der Waals surface area contributed by atoms with E-state index in [4.69, 9.17) is 21.7 Å². The van der Waals surface area contributed by atoms with Gasteiger partial charge in [0, 0.05) is 6.54 Å². The van der Waals surface area contributed by atoms with Gasteiger partial charge in [-0.05, 0) is 36.3 Å². The number of rotatable bonds is 6. The van der Waals surface area contributed by atoms with E-state index in [1.165, 1.54) is 11.8 Å². The van der Waals surface area contributed by atoms with Crippen molar-refractivity contribution in [1.82, 2.24) is 4.90 Å². The lowest BCUT2D eigenvalue weighted by molar-refractivity contribution is -0.121. The van der Waals surface area contributed by atoms with E-state index in [1.54, 1.807) is 12.0 Å². The van der Waals surface area contributed by atoms with E-state index in [0.29, 0.717) is 33.9 Å². The Morgan fingerprint density at radius 1 is 1.15 bits per heavy atom. The smallest absolute Gasteiger partial charge is 0.266 e. The van der Waals surface area contributed by atoms with Gasteiger partial charge in [0.25, 0.3) is 5.91 Å². The maximum Gasteiger partial charge on any atom is 0.266 e. The zero-order chi connectivity index (χ0) is 18.5. The molecule has 0 bridgehead atoms. The average molecular weight is 386 g/mol. The summed E-state index contributed by atoms with van der Waals surface area (Å²) < 4.78 is 11.9. The van der Waals surface area contributed by atoms with Crippen LogP contribution in [0, 0.1) is 0 Å². The van der Waals surface area contributed by atoms with Crippen LogP contribution < -0.4 is 9.47 Å². The molecule has 0 N–H and O–H groups in total. The van der Waals surface area contributed by atoms with E-state index in [9.17, 15) is 4.79 Å². The molecule has 2 aromatic carbocycles. The number of hydrogen-bond acceptors (Lipinski definition) is 5. The second-order valence-electron chi connectivity index (χ2n) is 5.61. The standard InChI is InChI=1S/C20H19NO3S2/c1-3-21-19(22)18(26-20(21)25)12-15-9-10-16(23-2)17(11-15)24-13-14-7-5-4-6-8-14/h4-12H,3,13H2,1-2H3/b18-12-. The second-order valence-corrected chi connectivity index (χ2v) is 7.29. The van der Waals surface area contributed by atoms with Crippen LogP contribution in [-0.4, -0.2) is 28.8 Å². The number of nitrogens with zero attached hydrogens (tertiary/aromatic N) is 1. The van der Waals surface area contributed by atoms with Crippen molar-refractivity contribution in [2.75, 3.05) is 13.7 Å². The summed E-state index contributed by atoms with van der Waals surface area (Å²) >= 11 is 6.58. The molecule has 134 valence electrons. The molecule has 0 spiro atoms. The number of methoxy groups -OCH3 is 1. The molecular formula is C20H19NO3S2. The molecule has 0 radical (unpaired) electrons. The quantitative estimate of drug-likeness (QED) is 0.541. The van der Waals surface area contributed by atoms with Gasteiger partial charge in [-0.15, -0.1) is 0 Å². The van der Waals surface area contributed by atoms with Gasteiger partial charge in [0.2, 0.25) is 0 Å². The summed E-state index contributed by atoms with van der Waals surface area (Å²) in [6, 6.07) is 15.5. The number of benzene rings is 2. The maximum atomic E-state index is 12.4.